The average Bonchev–Trinajstić information content (AvgIpc) is 3.19. The topological polar surface area (TPSA) is 100 Å². The van der Waals surface area contributed by atoms with E-state index in [1.54, 1.807) is 19.2 Å². The van der Waals surface area contributed by atoms with Gasteiger partial charge >= 0.3 is 5.97 Å². The number of hydrogen-bond donors (Lipinski definition) is 1. The van der Waals surface area contributed by atoms with E-state index in [0.717, 1.165) is 49.7 Å². The number of hydrogen-bond acceptors (Lipinski definition) is 7. The number of benzene rings is 2. The Kier molecular flexibility index (Phi) is 12.3. The number of carbonyl (C=O) groups excluding carboxylic acids is 1. The summed E-state index contributed by atoms with van der Waals surface area (Å²) in [6.45, 7) is 26.4. The molecule has 12 atom stereocenters. The third-order valence-corrected chi connectivity index (χ3v) is 19.2. The highest BCUT2D eigenvalue weighted by atomic mass is 32.2. The molecule has 8 nitrogen and oxygen atoms in total. The summed E-state index contributed by atoms with van der Waals surface area (Å²) in [6, 6.07) is 16.6. The maximum atomic E-state index is 14.8. The lowest BCUT2D eigenvalue weighted by Gasteiger charge is -2.71. The van der Waals surface area contributed by atoms with E-state index in [1.165, 1.54) is 5.57 Å². The van der Waals surface area contributed by atoms with Crippen molar-refractivity contribution in [2.24, 2.45) is 62.1 Å². The quantitative estimate of drug-likeness (QED) is 0.168. The molecular weight excluding hydrogens is 771 g/mol. The average molecular weight is 846 g/mol. The van der Waals surface area contributed by atoms with Crippen LogP contribution in [0.3, 0.4) is 0 Å². The maximum Gasteiger partial charge on any atom is 0.310 e. The maximum absolute atomic E-state index is 14.8. The molecule has 1 saturated heterocycles. The molecule has 0 radical (unpaired) electrons. The van der Waals surface area contributed by atoms with Gasteiger partial charge in [0.05, 0.1) is 48.9 Å². The monoisotopic (exact) mass is 846 g/mol. The Balaban J connectivity index is 1.20. The van der Waals surface area contributed by atoms with Gasteiger partial charge in [0.15, 0.2) is 0 Å². The number of methoxy groups -OCH3 is 1. The molecule has 0 aromatic heterocycles. The first-order valence-electron chi connectivity index (χ1n) is 22.8. The fraction of sp³-hybridized carbons (Fsp3) is 0.706. The van der Waals surface area contributed by atoms with E-state index >= 15 is 0 Å². The highest BCUT2D eigenvalue weighted by Crippen LogP contribution is 2.75. The van der Waals surface area contributed by atoms with Gasteiger partial charge in [-0.15, -0.1) is 0 Å². The number of fused-ring (bicyclic) bond motifs is 3. The number of nitrogens with one attached hydrogen (secondary N) is 1. The number of sulfonamides is 1. The fourth-order valence-electron chi connectivity index (χ4n) is 13.5. The van der Waals surface area contributed by atoms with Crippen molar-refractivity contribution in [2.75, 3.05) is 26.9 Å². The Morgan fingerprint density at radius 2 is 1.62 bits per heavy atom. The molecule has 1 heterocycles. The van der Waals surface area contributed by atoms with E-state index in [0.29, 0.717) is 36.9 Å². The zero-order valence-corrected chi connectivity index (χ0v) is 39.5. The van der Waals surface area contributed by atoms with Crippen molar-refractivity contribution in [3.05, 3.63) is 77.4 Å². The van der Waals surface area contributed by atoms with Crippen molar-refractivity contribution in [2.45, 2.75) is 144 Å². The summed E-state index contributed by atoms with van der Waals surface area (Å²) >= 11 is 0. The largest absolute Gasteiger partial charge is 0.461 e. The summed E-state index contributed by atoms with van der Waals surface area (Å²) in [5.41, 5.74) is 1.92. The Bertz CT molecular complexity index is 2010. The number of rotatable bonds is 12. The molecule has 60 heavy (non-hydrogen) atoms. The molecule has 2 aromatic carbocycles. The molecule has 9 heteroatoms. The van der Waals surface area contributed by atoms with Gasteiger partial charge < -0.3 is 18.9 Å². The fourth-order valence-corrected chi connectivity index (χ4v) is 14.9. The van der Waals surface area contributed by atoms with Crippen LogP contribution in [0.4, 0.5) is 0 Å². The molecule has 2 bridgehead atoms. The lowest BCUT2D eigenvalue weighted by Crippen LogP contribution is -2.70. The second-order valence-electron chi connectivity index (χ2n) is 22.2. The Hall–Kier alpha value is -2.56. The predicted octanol–water partition coefficient (Wildman–Crippen LogP) is 10.3. The summed E-state index contributed by atoms with van der Waals surface area (Å²) in [5.74, 6) is 1.09. The molecule has 0 amide bonds. The van der Waals surface area contributed by atoms with E-state index in [-0.39, 0.29) is 69.3 Å². The van der Waals surface area contributed by atoms with Crippen LogP contribution in [-0.4, -0.2) is 59.6 Å². The number of allylic oxidation sites excluding steroid dienone is 1. The van der Waals surface area contributed by atoms with E-state index < -0.39 is 21.5 Å². The first-order chi connectivity index (χ1) is 28.1. The van der Waals surface area contributed by atoms with Gasteiger partial charge in [0, 0.05) is 17.9 Å². The second-order valence-corrected chi connectivity index (χ2v) is 23.9. The molecule has 1 unspecified atom stereocenters. The van der Waals surface area contributed by atoms with Gasteiger partial charge in [-0.2, -0.15) is 0 Å². The van der Waals surface area contributed by atoms with Crippen LogP contribution in [0.5, 0.6) is 0 Å². The normalized spacial score (nSPS) is 37.5. The third-order valence-electron chi connectivity index (χ3n) is 17.7. The van der Waals surface area contributed by atoms with Crippen molar-refractivity contribution in [1.29, 1.82) is 0 Å². The van der Waals surface area contributed by atoms with Crippen LogP contribution >= 0.6 is 0 Å². The van der Waals surface area contributed by atoms with Gasteiger partial charge in [0.2, 0.25) is 10.0 Å². The van der Waals surface area contributed by atoms with Gasteiger partial charge in [-0.05, 0) is 108 Å². The zero-order valence-electron chi connectivity index (χ0n) is 38.7. The number of aryl methyl sites for hydroxylation is 1. The van der Waals surface area contributed by atoms with Gasteiger partial charge in [0.25, 0.3) is 0 Å². The second kappa shape index (κ2) is 16.2. The van der Waals surface area contributed by atoms with E-state index in [9.17, 15) is 13.2 Å². The number of esters is 1. The standard InChI is InChI=1S/C51H75NO7S/c1-33(2)35(4)47(8)26-27-49(10)38-22-23-41-48(9)31-57-32-51(41,39(38)24-25-50(49,11)43(47)45(53)59-29-36-16-14-13-15-17-36)28-40(56-12)44(48)58-30-42(46(5,6)7)52-60(54,55)37-20-18-34(3)19-21-37/h13-21,24,33,35,38,40-44,52H,22-23,25-32H2,1-12H3/t35-,38+,40-,41+,42+,43-,44+,47-,48?,49-,50+,51+/m1/s1. The first kappa shape index (κ1) is 45.5. The van der Waals surface area contributed by atoms with Crippen LogP contribution in [0.2, 0.25) is 0 Å². The van der Waals surface area contributed by atoms with Crippen LogP contribution in [-0.2, 0) is 40.4 Å². The minimum atomic E-state index is -3.78. The zero-order chi connectivity index (χ0) is 43.7. The summed E-state index contributed by atoms with van der Waals surface area (Å²) < 4.78 is 57.0. The molecule has 1 aliphatic heterocycles. The molecular formula is C51H75NO7S. The Labute approximate surface area is 362 Å². The molecule has 7 rings (SSSR count). The summed E-state index contributed by atoms with van der Waals surface area (Å²) in [4.78, 5) is 15.1. The van der Waals surface area contributed by atoms with Crippen LogP contribution in [0.1, 0.15) is 119 Å². The minimum absolute atomic E-state index is 0.0497. The van der Waals surface area contributed by atoms with Gasteiger partial charge in [-0.3, -0.25) is 4.79 Å². The van der Waals surface area contributed by atoms with Crippen molar-refractivity contribution < 1.29 is 32.2 Å². The van der Waals surface area contributed by atoms with Crippen molar-refractivity contribution in [3.63, 3.8) is 0 Å². The highest BCUT2D eigenvalue weighted by molar-refractivity contribution is 7.89. The van der Waals surface area contributed by atoms with Gasteiger partial charge in [-0.1, -0.05) is 129 Å². The van der Waals surface area contributed by atoms with Gasteiger partial charge in [-0.25, -0.2) is 13.1 Å². The molecule has 332 valence electrons. The minimum Gasteiger partial charge on any atom is -0.461 e. The molecule has 0 spiro atoms. The van der Waals surface area contributed by atoms with Crippen LogP contribution in [0.15, 0.2) is 71.1 Å². The van der Waals surface area contributed by atoms with Crippen molar-refractivity contribution in [1.82, 2.24) is 4.72 Å². The SMILES string of the molecule is CO[C@@H]1C[C@@]23COCC(C)([C@H]1OC[C@H](NS(=O)(=O)c1ccc(C)cc1)C(C)(C)C)[C@@H]2CC[C@H]1C3=CC[C@@]2(C)[C@H](C(=O)OCc3ccccc3)[C@@](C)([C@H](C)C(C)C)CC[C@]12C. The van der Waals surface area contributed by atoms with Gasteiger partial charge in [0.1, 0.15) is 6.61 Å². The Morgan fingerprint density at radius 1 is 0.933 bits per heavy atom. The third kappa shape index (κ3) is 7.46. The van der Waals surface area contributed by atoms with E-state index in [4.69, 9.17) is 18.9 Å². The molecule has 5 aliphatic rings. The summed E-state index contributed by atoms with van der Waals surface area (Å²) in [6.07, 6.45) is 7.80. The first-order valence-corrected chi connectivity index (χ1v) is 24.3. The van der Waals surface area contributed by atoms with Crippen LogP contribution < -0.4 is 4.72 Å². The van der Waals surface area contributed by atoms with Crippen molar-refractivity contribution >= 4 is 16.0 Å². The number of ether oxygens (including phenoxy) is 4. The summed E-state index contributed by atoms with van der Waals surface area (Å²) in [5, 5.41) is 0. The summed E-state index contributed by atoms with van der Waals surface area (Å²) in [7, 11) is -1.98. The molecule has 4 fully saturated rings. The van der Waals surface area contributed by atoms with E-state index in [2.05, 4.69) is 80.0 Å². The number of carbonyl (C=O) groups is 1. The highest BCUT2D eigenvalue weighted by Gasteiger charge is 2.72. The molecule has 3 saturated carbocycles. The lowest BCUT2D eigenvalue weighted by molar-refractivity contribution is -0.268. The van der Waals surface area contributed by atoms with Crippen LogP contribution in [0, 0.1) is 69.0 Å². The Morgan fingerprint density at radius 3 is 2.25 bits per heavy atom. The van der Waals surface area contributed by atoms with Crippen molar-refractivity contribution in [3.8, 4) is 0 Å². The van der Waals surface area contributed by atoms with Crippen LogP contribution in [0.25, 0.3) is 0 Å². The molecule has 2 aromatic rings. The van der Waals surface area contributed by atoms with E-state index in [1.807, 2.05) is 49.4 Å². The predicted molar refractivity (Wildman–Crippen MR) is 237 cm³/mol. The molecule has 4 aliphatic carbocycles. The smallest absolute Gasteiger partial charge is 0.310 e. The molecule has 1 N–H and O–H groups in total. The lowest BCUT2D eigenvalue weighted by atomic mass is 9.34.